The van der Waals surface area contributed by atoms with Gasteiger partial charge in [-0.1, -0.05) is 13.8 Å². The van der Waals surface area contributed by atoms with Gasteiger partial charge in [-0.05, 0) is 31.8 Å². The van der Waals surface area contributed by atoms with Crippen molar-refractivity contribution in [1.29, 1.82) is 0 Å². The van der Waals surface area contributed by atoms with Crippen LogP contribution < -0.4 is 10.6 Å². The Labute approximate surface area is 144 Å². The fourth-order valence-electron chi connectivity index (χ4n) is 2.97. The molecule has 0 atom stereocenters. The summed E-state index contributed by atoms with van der Waals surface area (Å²) in [6.45, 7) is 7.26. The molecule has 1 fully saturated rings. The van der Waals surface area contributed by atoms with Crippen molar-refractivity contribution in [2.75, 3.05) is 33.4 Å². The van der Waals surface area contributed by atoms with E-state index in [1.165, 1.54) is 6.33 Å². The van der Waals surface area contributed by atoms with Gasteiger partial charge < -0.3 is 15.4 Å². The highest BCUT2D eigenvalue weighted by Crippen LogP contribution is 2.28. The molecule has 2 N–H and O–H groups in total. The lowest BCUT2D eigenvalue weighted by Crippen LogP contribution is -2.47. The molecule has 2 heterocycles. The first-order chi connectivity index (χ1) is 10.6. The molecule has 2 rings (SSSR count). The number of carbonyl (C=O) groups excluding carboxylic acids is 1. The van der Waals surface area contributed by atoms with Crippen LogP contribution >= 0.6 is 12.4 Å². The summed E-state index contributed by atoms with van der Waals surface area (Å²) in [7, 11) is 1.72. The van der Waals surface area contributed by atoms with E-state index < -0.39 is 0 Å². The number of hydrogen-bond donors (Lipinski definition) is 2. The fourth-order valence-corrected chi connectivity index (χ4v) is 2.97. The van der Waals surface area contributed by atoms with Crippen LogP contribution in [0.1, 0.15) is 48.7 Å². The van der Waals surface area contributed by atoms with Gasteiger partial charge in [0.1, 0.15) is 6.33 Å². The number of aromatic nitrogens is 2. The molecule has 1 aromatic rings. The molecule has 0 aromatic carbocycles. The summed E-state index contributed by atoms with van der Waals surface area (Å²) in [5.74, 6) is 0.0916. The SMILES string of the molecule is COCC1(CNC(=O)c2cncnc2C(C)C)CCNCC1.Cl. The Hall–Kier alpha value is -1.24. The van der Waals surface area contributed by atoms with Gasteiger partial charge in [0.15, 0.2) is 0 Å². The standard InChI is InChI=1S/C16H26N4O2.ClH/c1-12(2)14-13(8-18-11-20-14)15(21)19-9-16(10-22-3)4-6-17-7-5-16;/h8,11-12,17H,4-7,9-10H2,1-3H3,(H,19,21);1H. The van der Waals surface area contributed by atoms with Crippen molar-refractivity contribution in [1.82, 2.24) is 20.6 Å². The van der Waals surface area contributed by atoms with Gasteiger partial charge in [0, 0.05) is 25.3 Å². The van der Waals surface area contributed by atoms with Crippen molar-refractivity contribution in [3.05, 3.63) is 23.8 Å². The molecule has 0 saturated carbocycles. The smallest absolute Gasteiger partial charge is 0.254 e. The number of ether oxygens (including phenoxy) is 1. The number of nitrogens with one attached hydrogen (secondary N) is 2. The molecule has 1 saturated heterocycles. The first kappa shape index (κ1) is 19.8. The number of methoxy groups -OCH3 is 1. The predicted octanol–water partition coefficient (Wildman–Crippen LogP) is 1.77. The van der Waals surface area contributed by atoms with E-state index >= 15 is 0 Å². The second-order valence-electron chi connectivity index (χ2n) is 6.34. The van der Waals surface area contributed by atoms with Crippen LogP contribution in [0.2, 0.25) is 0 Å². The molecule has 1 aromatic heterocycles. The number of nitrogens with zero attached hydrogens (tertiary/aromatic N) is 2. The average Bonchev–Trinajstić information content (AvgIpc) is 2.54. The molecule has 1 aliphatic rings. The van der Waals surface area contributed by atoms with Crippen LogP contribution in [0.4, 0.5) is 0 Å². The maximum absolute atomic E-state index is 12.5. The molecular weight excluding hydrogens is 316 g/mol. The van der Waals surface area contributed by atoms with E-state index in [9.17, 15) is 4.79 Å². The number of hydrogen-bond acceptors (Lipinski definition) is 5. The van der Waals surface area contributed by atoms with Crippen LogP contribution in [0.25, 0.3) is 0 Å². The van der Waals surface area contributed by atoms with Gasteiger partial charge in [0.25, 0.3) is 5.91 Å². The first-order valence-corrected chi connectivity index (χ1v) is 7.86. The Morgan fingerprint density at radius 1 is 1.43 bits per heavy atom. The molecule has 130 valence electrons. The minimum atomic E-state index is -0.0988. The zero-order chi connectivity index (χ0) is 16.0. The van der Waals surface area contributed by atoms with Gasteiger partial charge in [0.2, 0.25) is 0 Å². The lowest BCUT2D eigenvalue weighted by atomic mass is 9.79. The van der Waals surface area contributed by atoms with E-state index in [1.54, 1.807) is 13.3 Å². The van der Waals surface area contributed by atoms with Gasteiger partial charge in [-0.25, -0.2) is 9.97 Å². The van der Waals surface area contributed by atoms with Crippen LogP contribution in [0.15, 0.2) is 12.5 Å². The highest BCUT2D eigenvalue weighted by Gasteiger charge is 2.32. The van der Waals surface area contributed by atoms with Gasteiger partial charge in [-0.15, -0.1) is 12.4 Å². The molecule has 6 nitrogen and oxygen atoms in total. The number of amides is 1. The number of carbonyl (C=O) groups is 1. The van der Waals surface area contributed by atoms with Gasteiger partial charge in [0.05, 0.1) is 17.9 Å². The van der Waals surface area contributed by atoms with Crippen LogP contribution in [-0.4, -0.2) is 49.2 Å². The summed E-state index contributed by atoms with van der Waals surface area (Å²) in [5, 5.41) is 6.42. The molecule has 1 aliphatic heterocycles. The largest absolute Gasteiger partial charge is 0.384 e. The summed E-state index contributed by atoms with van der Waals surface area (Å²) in [6.07, 6.45) is 5.10. The zero-order valence-electron chi connectivity index (χ0n) is 14.1. The molecule has 0 bridgehead atoms. The topological polar surface area (TPSA) is 76.1 Å². The van der Waals surface area contributed by atoms with Gasteiger partial charge >= 0.3 is 0 Å². The predicted molar refractivity (Wildman–Crippen MR) is 92.1 cm³/mol. The summed E-state index contributed by atoms with van der Waals surface area (Å²) < 4.78 is 5.38. The Balaban J connectivity index is 0.00000264. The Morgan fingerprint density at radius 2 is 2.13 bits per heavy atom. The van der Waals surface area contributed by atoms with E-state index in [4.69, 9.17) is 4.74 Å². The van der Waals surface area contributed by atoms with Crippen molar-refractivity contribution >= 4 is 18.3 Å². The lowest BCUT2D eigenvalue weighted by molar-refractivity contribution is 0.0511. The van der Waals surface area contributed by atoms with E-state index in [2.05, 4.69) is 20.6 Å². The molecule has 7 heteroatoms. The van der Waals surface area contributed by atoms with Crippen LogP contribution in [0, 0.1) is 5.41 Å². The second kappa shape index (κ2) is 9.15. The van der Waals surface area contributed by atoms with E-state index in [0.29, 0.717) is 18.7 Å². The summed E-state index contributed by atoms with van der Waals surface area (Å²) in [5.41, 5.74) is 1.38. The third-order valence-electron chi connectivity index (χ3n) is 4.27. The second-order valence-corrected chi connectivity index (χ2v) is 6.34. The Morgan fingerprint density at radius 3 is 2.74 bits per heavy atom. The quantitative estimate of drug-likeness (QED) is 0.824. The summed E-state index contributed by atoms with van der Waals surface area (Å²) in [4.78, 5) is 20.7. The van der Waals surface area contributed by atoms with Crippen molar-refractivity contribution in [2.24, 2.45) is 5.41 Å². The summed E-state index contributed by atoms with van der Waals surface area (Å²) in [6, 6.07) is 0. The van der Waals surface area contributed by atoms with Gasteiger partial charge in [-0.3, -0.25) is 4.79 Å². The number of rotatable bonds is 6. The third-order valence-corrected chi connectivity index (χ3v) is 4.27. The highest BCUT2D eigenvalue weighted by atomic mass is 35.5. The maximum atomic E-state index is 12.5. The number of piperidine rings is 1. The van der Waals surface area contributed by atoms with Crippen molar-refractivity contribution in [3.63, 3.8) is 0 Å². The van der Waals surface area contributed by atoms with E-state index in [-0.39, 0.29) is 29.6 Å². The number of halogens is 1. The normalized spacial score (nSPS) is 16.7. The monoisotopic (exact) mass is 342 g/mol. The van der Waals surface area contributed by atoms with Crippen molar-refractivity contribution in [2.45, 2.75) is 32.6 Å². The summed E-state index contributed by atoms with van der Waals surface area (Å²) >= 11 is 0. The fraction of sp³-hybridized carbons (Fsp3) is 0.688. The molecule has 1 amide bonds. The molecule has 0 aliphatic carbocycles. The van der Waals surface area contributed by atoms with E-state index in [1.807, 2.05) is 13.8 Å². The molecule has 23 heavy (non-hydrogen) atoms. The van der Waals surface area contributed by atoms with Crippen LogP contribution in [-0.2, 0) is 4.74 Å². The molecule has 0 radical (unpaired) electrons. The molecule has 0 spiro atoms. The Bertz CT molecular complexity index is 499. The van der Waals surface area contributed by atoms with E-state index in [0.717, 1.165) is 31.6 Å². The minimum Gasteiger partial charge on any atom is -0.384 e. The van der Waals surface area contributed by atoms with Crippen LogP contribution in [0.3, 0.4) is 0 Å². The maximum Gasteiger partial charge on any atom is 0.254 e. The first-order valence-electron chi connectivity index (χ1n) is 7.86. The lowest BCUT2D eigenvalue weighted by Gasteiger charge is -2.37. The Kier molecular flexibility index (Phi) is 7.88. The third kappa shape index (κ3) is 5.12. The molecular formula is C16H27ClN4O2. The van der Waals surface area contributed by atoms with Gasteiger partial charge in [-0.2, -0.15) is 0 Å². The minimum absolute atomic E-state index is 0. The van der Waals surface area contributed by atoms with Crippen molar-refractivity contribution < 1.29 is 9.53 Å². The van der Waals surface area contributed by atoms with Crippen LogP contribution in [0.5, 0.6) is 0 Å². The van der Waals surface area contributed by atoms with Crippen molar-refractivity contribution in [3.8, 4) is 0 Å². The highest BCUT2D eigenvalue weighted by molar-refractivity contribution is 5.95. The average molecular weight is 343 g/mol. The molecule has 0 unspecified atom stereocenters. The zero-order valence-corrected chi connectivity index (χ0v) is 14.9.